The Morgan fingerprint density at radius 2 is 2.00 bits per heavy atom. The van der Waals surface area contributed by atoms with Crippen molar-refractivity contribution < 1.29 is 13.2 Å². The van der Waals surface area contributed by atoms with Crippen LogP contribution >= 0.6 is 0 Å². The summed E-state index contributed by atoms with van der Waals surface area (Å²) in [6.45, 7) is 3.20. The fourth-order valence-corrected chi connectivity index (χ4v) is 3.26. The number of hydrogen-bond acceptors (Lipinski definition) is 3. The van der Waals surface area contributed by atoms with E-state index in [2.05, 4.69) is 10.0 Å². The van der Waals surface area contributed by atoms with Gasteiger partial charge in [0, 0.05) is 24.5 Å². The zero-order chi connectivity index (χ0) is 14.6. The second-order valence-corrected chi connectivity index (χ2v) is 6.55. The highest BCUT2D eigenvalue weighted by atomic mass is 32.2. The Morgan fingerprint density at radius 1 is 1.30 bits per heavy atom. The molecule has 2 N–H and O–H groups in total. The lowest BCUT2D eigenvalue weighted by atomic mass is 10.2. The molecule has 110 valence electrons. The minimum atomic E-state index is -3.28. The lowest BCUT2D eigenvalue weighted by molar-refractivity contribution is 0.252. The lowest BCUT2D eigenvalue weighted by Crippen LogP contribution is -2.27. The van der Waals surface area contributed by atoms with Gasteiger partial charge in [-0.15, -0.1) is 0 Å². The van der Waals surface area contributed by atoms with Crippen molar-refractivity contribution in [1.29, 1.82) is 0 Å². The van der Waals surface area contributed by atoms with Crippen molar-refractivity contribution in [2.75, 3.05) is 28.5 Å². The fraction of sp³-hybridized carbons (Fsp3) is 0.462. The van der Waals surface area contributed by atoms with Crippen molar-refractivity contribution in [2.45, 2.75) is 19.8 Å². The van der Waals surface area contributed by atoms with Crippen molar-refractivity contribution in [2.24, 2.45) is 0 Å². The molecule has 1 aromatic carbocycles. The minimum absolute atomic E-state index is 0.124. The van der Waals surface area contributed by atoms with E-state index >= 15 is 0 Å². The van der Waals surface area contributed by atoms with Gasteiger partial charge in [0.05, 0.1) is 5.75 Å². The first-order valence-corrected chi connectivity index (χ1v) is 8.33. The molecule has 6 nitrogen and oxygen atoms in total. The molecule has 0 atom stereocenters. The van der Waals surface area contributed by atoms with E-state index in [-0.39, 0.29) is 11.8 Å². The maximum Gasteiger partial charge on any atom is 0.321 e. The van der Waals surface area contributed by atoms with Crippen molar-refractivity contribution in [3.63, 3.8) is 0 Å². The molecule has 20 heavy (non-hydrogen) atoms. The number of nitrogens with zero attached hydrogens (tertiary/aromatic N) is 1. The first kappa shape index (κ1) is 14.6. The third-order valence-corrected chi connectivity index (χ3v) is 4.45. The molecule has 2 rings (SSSR count). The molecule has 0 aromatic heterocycles. The number of urea groups is 1. The Hall–Kier alpha value is -1.76. The highest BCUT2D eigenvalue weighted by molar-refractivity contribution is 7.92. The van der Waals surface area contributed by atoms with E-state index in [9.17, 15) is 13.2 Å². The highest BCUT2D eigenvalue weighted by Gasteiger charge is 2.20. The predicted molar refractivity (Wildman–Crippen MR) is 79.5 cm³/mol. The smallest absolute Gasteiger partial charge is 0.321 e. The van der Waals surface area contributed by atoms with Gasteiger partial charge in [-0.05, 0) is 30.7 Å². The zero-order valence-electron chi connectivity index (χ0n) is 11.4. The van der Waals surface area contributed by atoms with Gasteiger partial charge in [0.25, 0.3) is 0 Å². The predicted octanol–water partition coefficient (Wildman–Crippen LogP) is 1.76. The van der Waals surface area contributed by atoms with E-state index in [0.717, 1.165) is 12.1 Å². The summed E-state index contributed by atoms with van der Waals surface area (Å²) >= 11 is 0. The molecular weight excluding hydrogens is 278 g/mol. The molecule has 0 unspecified atom stereocenters. The van der Waals surface area contributed by atoms with Gasteiger partial charge in [-0.2, -0.15) is 0 Å². The topological polar surface area (TPSA) is 78.5 Å². The maximum absolute atomic E-state index is 11.8. The molecule has 0 saturated carbocycles. The Kier molecular flexibility index (Phi) is 4.49. The summed E-state index contributed by atoms with van der Waals surface area (Å²) in [5, 5.41) is 2.72. The van der Waals surface area contributed by atoms with Crippen LogP contribution in [0.2, 0.25) is 0 Å². The van der Waals surface area contributed by atoms with Crippen LogP contribution in [0.15, 0.2) is 24.3 Å². The number of carbonyl (C=O) groups excluding carboxylic acids is 1. The summed E-state index contributed by atoms with van der Waals surface area (Å²) in [4.78, 5) is 13.1. The fourth-order valence-electron chi connectivity index (χ4n) is 1.99. The van der Waals surface area contributed by atoms with Crippen LogP contribution in [-0.4, -0.2) is 33.3 Å². The third-order valence-electron chi connectivity index (χ3n) is 3.08. The minimum Gasteiger partial charge on any atom is -0.336 e. The number of anilines is 2. The molecule has 1 aliphatic heterocycles. The quantitative estimate of drug-likeness (QED) is 0.839. The molecular formula is C13H19N3O3S. The highest BCUT2D eigenvalue weighted by Crippen LogP contribution is 2.20. The summed E-state index contributed by atoms with van der Waals surface area (Å²) in [5.74, 6) is 0.125. The number of nitrogens with one attached hydrogen (secondary N) is 2. The number of hydrogen-bond donors (Lipinski definition) is 2. The number of unbranched alkanes of at least 4 members (excludes halogenated alkanes) is 1. The second kappa shape index (κ2) is 6.13. The molecule has 7 heteroatoms. The Labute approximate surface area is 119 Å². The van der Waals surface area contributed by atoms with Crippen LogP contribution in [0.1, 0.15) is 19.8 Å². The summed E-state index contributed by atoms with van der Waals surface area (Å²) in [5.41, 5.74) is 1.28. The lowest BCUT2D eigenvalue weighted by Gasteiger charge is -2.15. The average molecular weight is 297 g/mol. The molecule has 1 aromatic rings. The first-order valence-electron chi connectivity index (χ1n) is 6.68. The molecule has 1 heterocycles. The van der Waals surface area contributed by atoms with Crippen LogP contribution in [0.3, 0.4) is 0 Å². The SMILES string of the molecule is CCCCS(=O)(=O)Nc1ccc(N2CCNC2=O)cc1. The van der Waals surface area contributed by atoms with E-state index in [0.29, 0.717) is 25.2 Å². The maximum atomic E-state index is 11.8. The molecule has 1 fully saturated rings. The summed E-state index contributed by atoms with van der Waals surface area (Å²) in [6, 6.07) is 6.70. The Morgan fingerprint density at radius 3 is 2.55 bits per heavy atom. The Bertz CT molecular complexity index is 569. The van der Waals surface area contributed by atoms with Crippen LogP contribution < -0.4 is 14.9 Å². The first-order chi connectivity index (χ1) is 9.52. The van der Waals surface area contributed by atoms with E-state index in [1.807, 2.05) is 6.92 Å². The normalized spacial score (nSPS) is 15.2. The van der Waals surface area contributed by atoms with Crippen LogP contribution in [-0.2, 0) is 10.0 Å². The molecule has 2 amide bonds. The Balaban J connectivity index is 2.03. The van der Waals surface area contributed by atoms with Crippen LogP contribution in [0.4, 0.5) is 16.2 Å². The van der Waals surface area contributed by atoms with E-state index in [1.165, 1.54) is 0 Å². The van der Waals surface area contributed by atoms with Crippen molar-refractivity contribution in [3.8, 4) is 0 Å². The van der Waals surface area contributed by atoms with E-state index in [1.54, 1.807) is 29.2 Å². The molecule has 0 aliphatic carbocycles. The monoisotopic (exact) mass is 297 g/mol. The van der Waals surface area contributed by atoms with Crippen molar-refractivity contribution >= 4 is 27.4 Å². The standard InChI is InChI=1S/C13H19N3O3S/c1-2-3-10-20(18,19)15-11-4-6-12(7-5-11)16-9-8-14-13(16)17/h4-7,15H,2-3,8-10H2,1H3,(H,14,17). The van der Waals surface area contributed by atoms with E-state index in [4.69, 9.17) is 0 Å². The molecule has 0 radical (unpaired) electrons. The second-order valence-electron chi connectivity index (χ2n) is 4.70. The third kappa shape index (κ3) is 3.63. The van der Waals surface area contributed by atoms with Crippen LogP contribution in [0.25, 0.3) is 0 Å². The number of rotatable bonds is 6. The van der Waals surface area contributed by atoms with Crippen molar-refractivity contribution in [3.05, 3.63) is 24.3 Å². The van der Waals surface area contributed by atoms with Gasteiger partial charge < -0.3 is 5.32 Å². The van der Waals surface area contributed by atoms with Crippen LogP contribution in [0, 0.1) is 0 Å². The average Bonchev–Trinajstić information content (AvgIpc) is 2.83. The van der Waals surface area contributed by atoms with Gasteiger partial charge in [0.1, 0.15) is 0 Å². The zero-order valence-corrected chi connectivity index (χ0v) is 12.2. The molecule has 1 aliphatic rings. The summed E-state index contributed by atoms with van der Waals surface area (Å²) < 4.78 is 26.1. The number of carbonyl (C=O) groups is 1. The van der Waals surface area contributed by atoms with Gasteiger partial charge in [0.2, 0.25) is 10.0 Å². The number of benzene rings is 1. The van der Waals surface area contributed by atoms with Gasteiger partial charge >= 0.3 is 6.03 Å². The largest absolute Gasteiger partial charge is 0.336 e. The van der Waals surface area contributed by atoms with E-state index < -0.39 is 10.0 Å². The summed E-state index contributed by atoms with van der Waals surface area (Å²) in [6.07, 6.45) is 1.48. The number of sulfonamides is 1. The van der Waals surface area contributed by atoms with Crippen LogP contribution in [0.5, 0.6) is 0 Å². The molecule has 0 bridgehead atoms. The van der Waals surface area contributed by atoms with Gasteiger partial charge in [-0.1, -0.05) is 13.3 Å². The van der Waals surface area contributed by atoms with Gasteiger partial charge in [0.15, 0.2) is 0 Å². The summed E-state index contributed by atoms with van der Waals surface area (Å²) in [7, 11) is -3.28. The van der Waals surface area contributed by atoms with Gasteiger partial charge in [-0.25, -0.2) is 13.2 Å². The molecule has 1 saturated heterocycles. The molecule has 0 spiro atoms. The number of amides is 2. The van der Waals surface area contributed by atoms with Gasteiger partial charge in [-0.3, -0.25) is 9.62 Å². The van der Waals surface area contributed by atoms with Crippen molar-refractivity contribution in [1.82, 2.24) is 5.32 Å².